The maximum atomic E-state index is 12.6. The second-order valence-electron chi connectivity index (χ2n) is 6.96. The summed E-state index contributed by atoms with van der Waals surface area (Å²) in [6, 6.07) is 15.1. The zero-order chi connectivity index (χ0) is 23.9. The van der Waals surface area contributed by atoms with Crippen molar-refractivity contribution < 1.29 is 27.9 Å². The molecule has 11 heteroatoms. The number of nitrogens with two attached hydrogens (primary N) is 1. The van der Waals surface area contributed by atoms with E-state index in [2.05, 4.69) is 15.6 Å². The molecule has 0 aliphatic rings. The normalized spacial score (nSPS) is 11.8. The van der Waals surface area contributed by atoms with E-state index in [4.69, 9.17) is 15.6 Å². The van der Waals surface area contributed by atoms with E-state index in [-0.39, 0.29) is 11.9 Å². The topological polar surface area (TPSA) is 123 Å². The standard InChI is InChI=1S/C19H21N5O.C2HF3O2/c1-13-8-9-15(18-12-24(23-22-18)11-14(2)20)10-17(13)19(25)21-16-6-4-3-5-7-16;3-2(4,5)1(6)7/h3-10,12,14H,11,20H2,1-2H3,(H,21,25);(H,6,7)/t14-;/m1./s1. The molecule has 1 amide bonds. The van der Waals surface area contributed by atoms with Crippen LogP contribution in [-0.2, 0) is 11.3 Å². The first-order chi connectivity index (χ1) is 15.0. The number of halogens is 3. The van der Waals surface area contributed by atoms with Gasteiger partial charge in [-0.05, 0) is 37.6 Å². The zero-order valence-electron chi connectivity index (χ0n) is 17.3. The molecule has 1 aromatic heterocycles. The Morgan fingerprint density at radius 2 is 1.81 bits per heavy atom. The number of hydrogen-bond acceptors (Lipinski definition) is 5. The van der Waals surface area contributed by atoms with Crippen LogP contribution in [0.3, 0.4) is 0 Å². The van der Waals surface area contributed by atoms with Gasteiger partial charge in [0.15, 0.2) is 0 Å². The van der Waals surface area contributed by atoms with Crippen molar-refractivity contribution in [3.63, 3.8) is 0 Å². The SMILES string of the molecule is Cc1ccc(-c2cn(C[C@@H](C)N)nn2)cc1C(=O)Nc1ccccc1.O=C(O)C(F)(F)F. The van der Waals surface area contributed by atoms with Crippen molar-refractivity contribution in [3.8, 4) is 11.3 Å². The largest absolute Gasteiger partial charge is 0.490 e. The highest BCUT2D eigenvalue weighted by atomic mass is 19.4. The van der Waals surface area contributed by atoms with Gasteiger partial charge in [0.25, 0.3) is 5.91 Å². The predicted molar refractivity (Wildman–Crippen MR) is 112 cm³/mol. The maximum absolute atomic E-state index is 12.6. The Kier molecular flexibility index (Phi) is 8.08. The number of carboxylic acid groups (broad SMARTS) is 1. The lowest BCUT2D eigenvalue weighted by Gasteiger charge is -2.09. The Hall–Kier alpha value is -3.73. The van der Waals surface area contributed by atoms with Gasteiger partial charge < -0.3 is 16.2 Å². The van der Waals surface area contributed by atoms with Crippen LogP contribution in [-0.4, -0.2) is 44.2 Å². The first-order valence-electron chi connectivity index (χ1n) is 9.40. The molecule has 0 saturated carbocycles. The number of anilines is 1. The minimum absolute atomic E-state index is 0.000205. The number of aliphatic carboxylic acids is 1. The lowest BCUT2D eigenvalue weighted by Crippen LogP contribution is -2.22. The summed E-state index contributed by atoms with van der Waals surface area (Å²) in [5, 5.41) is 18.3. The average Bonchev–Trinajstić information content (AvgIpc) is 3.16. The minimum Gasteiger partial charge on any atom is -0.475 e. The molecule has 8 nitrogen and oxygen atoms in total. The number of carboxylic acids is 1. The molecule has 0 bridgehead atoms. The summed E-state index contributed by atoms with van der Waals surface area (Å²) in [7, 11) is 0. The van der Waals surface area contributed by atoms with Crippen molar-refractivity contribution in [3.05, 3.63) is 65.9 Å². The number of nitrogens with one attached hydrogen (secondary N) is 1. The van der Waals surface area contributed by atoms with Gasteiger partial charge in [0.05, 0.1) is 12.7 Å². The number of aryl methyl sites for hydroxylation is 1. The molecule has 0 fully saturated rings. The van der Waals surface area contributed by atoms with Crippen molar-refractivity contribution in [1.82, 2.24) is 15.0 Å². The number of rotatable bonds is 5. The minimum atomic E-state index is -5.08. The molecule has 1 heterocycles. The fraction of sp³-hybridized carbons (Fsp3) is 0.238. The Balaban J connectivity index is 0.000000451. The molecule has 32 heavy (non-hydrogen) atoms. The van der Waals surface area contributed by atoms with Crippen LogP contribution in [0.15, 0.2) is 54.7 Å². The molecule has 0 radical (unpaired) electrons. The van der Waals surface area contributed by atoms with Crippen molar-refractivity contribution in [2.24, 2.45) is 5.73 Å². The average molecular weight is 449 g/mol. The lowest BCUT2D eigenvalue weighted by atomic mass is 10.0. The second-order valence-corrected chi connectivity index (χ2v) is 6.96. The highest BCUT2D eigenvalue weighted by Gasteiger charge is 2.38. The van der Waals surface area contributed by atoms with Gasteiger partial charge >= 0.3 is 12.1 Å². The quantitative estimate of drug-likeness (QED) is 0.548. The summed E-state index contributed by atoms with van der Waals surface area (Å²) in [5.74, 6) is -2.90. The Morgan fingerprint density at radius 1 is 1.19 bits per heavy atom. The molecule has 0 aliphatic carbocycles. The lowest BCUT2D eigenvalue weighted by molar-refractivity contribution is -0.192. The summed E-state index contributed by atoms with van der Waals surface area (Å²) in [5.41, 5.74) is 9.63. The molecule has 3 aromatic rings. The molecule has 1 atom stereocenters. The Morgan fingerprint density at radius 3 is 2.38 bits per heavy atom. The van der Waals surface area contributed by atoms with Crippen LogP contribution < -0.4 is 11.1 Å². The van der Waals surface area contributed by atoms with Crippen LogP contribution in [0, 0.1) is 6.92 Å². The van der Waals surface area contributed by atoms with Crippen LogP contribution in [0.25, 0.3) is 11.3 Å². The van der Waals surface area contributed by atoms with Gasteiger partial charge in [-0.3, -0.25) is 9.48 Å². The number of benzene rings is 2. The van der Waals surface area contributed by atoms with E-state index in [1.807, 2.05) is 68.6 Å². The van der Waals surface area contributed by atoms with E-state index in [1.54, 1.807) is 4.68 Å². The van der Waals surface area contributed by atoms with Crippen molar-refractivity contribution in [2.45, 2.75) is 32.6 Å². The van der Waals surface area contributed by atoms with Crippen molar-refractivity contribution >= 4 is 17.6 Å². The fourth-order valence-corrected chi connectivity index (χ4v) is 2.56. The molecule has 0 spiro atoms. The van der Waals surface area contributed by atoms with Gasteiger partial charge in [-0.15, -0.1) is 5.10 Å². The molecule has 4 N–H and O–H groups in total. The van der Waals surface area contributed by atoms with Gasteiger partial charge in [0.2, 0.25) is 0 Å². The summed E-state index contributed by atoms with van der Waals surface area (Å²) >= 11 is 0. The summed E-state index contributed by atoms with van der Waals surface area (Å²) in [6.07, 6.45) is -3.24. The third kappa shape index (κ3) is 7.20. The number of alkyl halides is 3. The summed E-state index contributed by atoms with van der Waals surface area (Å²) < 4.78 is 33.4. The second kappa shape index (κ2) is 10.5. The highest BCUT2D eigenvalue weighted by molar-refractivity contribution is 6.05. The van der Waals surface area contributed by atoms with Gasteiger partial charge in [-0.2, -0.15) is 13.2 Å². The molecule has 170 valence electrons. The van der Waals surface area contributed by atoms with E-state index in [0.717, 1.165) is 22.5 Å². The molecule has 3 rings (SSSR count). The van der Waals surface area contributed by atoms with Crippen molar-refractivity contribution in [1.29, 1.82) is 0 Å². The smallest absolute Gasteiger partial charge is 0.475 e. The van der Waals surface area contributed by atoms with Gasteiger partial charge in [0.1, 0.15) is 5.69 Å². The third-order valence-electron chi connectivity index (χ3n) is 4.07. The van der Waals surface area contributed by atoms with Gasteiger partial charge in [-0.1, -0.05) is 35.5 Å². The number of amides is 1. The number of para-hydroxylation sites is 1. The van der Waals surface area contributed by atoms with Gasteiger partial charge in [0, 0.05) is 22.9 Å². The highest BCUT2D eigenvalue weighted by Crippen LogP contribution is 2.21. The molecule has 0 unspecified atom stereocenters. The number of hydrogen-bond donors (Lipinski definition) is 3. The fourth-order valence-electron chi connectivity index (χ4n) is 2.56. The van der Waals surface area contributed by atoms with E-state index in [1.165, 1.54) is 0 Å². The van der Waals surface area contributed by atoms with Crippen LogP contribution in [0.4, 0.5) is 18.9 Å². The third-order valence-corrected chi connectivity index (χ3v) is 4.07. The number of carbonyl (C=O) groups excluding carboxylic acids is 1. The molecular formula is C21H22F3N5O3. The van der Waals surface area contributed by atoms with Crippen LogP contribution in [0.2, 0.25) is 0 Å². The Labute approximate surface area is 181 Å². The number of aromatic nitrogens is 3. The molecule has 0 saturated heterocycles. The van der Waals surface area contributed by atoms with E-state index < -0.39 is 12.1 Å². The first-order valence-corrected chi connectivity index (χ1v) is 9.40. The maximum Gasteiger partial charge on any atom is 0.490 e. The van der Waals surface area contributed by atoms with Crippen LogP contribution in [0.5, 0.6) is 0 Å². The van der Waals surface area contributed by atoms with Crippen molar-refractivity contribution in [2.75, 3.05) is 5.32 Å². The zero-order valence-corrected chi connectivity index (χ0v) is 17.3. The summed E-state index contributed by atoms with van der Waals surface area (Å²) in [4.78, 5) is 21.5. The van der Waals surface area contributed by atoms with E-state index in [0.29, 0.717) is 12.1 Å². The van der Waals surface area contributed by atoms with Crippen LogP contribution in [0.1, 0.15) is 22.8 Å². The van der Waals surface area contributed by atoms with E-state index >= 15 is 0 Å². The first kappa shape index (κ1) is 24.5. The van der Waals surface area contributed by atoms with Crippen LogP contribution >= 0.6 is 0 Å². The van der Waals surface area contributed by atoms with E-state index in [9.17, 15) is 18.0 Å². The Bertz CT molecular complexity index is 1070. The monoisotopic (exact) mass is 449 g/mol. The molecule has 2 aromatic carbocycles. The predicted octanol–water partition coefficient (Wildman–Crippen LogP) is 3.49. The number of nitrogens with zero attached hydrogens (tertiary/aromatic N) is 3. The van der Waals surface area contributed by atoms with Gasteiger partial charge in [-0.25, -0.2) is 4.79 Å². The molecule has 0 aliphatic heterocycles. The number of carbonyl (C=O) groups is 2. The molecular weight excluding hydrogens is 427 g/mol. The summed E-state index contributed by atoms with van der Waals surface area (Å²) in [6.45, 7) is 4.43.